The number of H-pyrrole nitrogens is 1. The highest BCUT2D eigenvalue weighted by atomic mass is 16.5. The molecule has 0 aliphatic rings. The van der Waals surface area contributed by atoms with Crippen LogP contribution in [0.3, 0.4) is 0 Å². The third-order valence-corrected chi connectivity index (χ3v) is 2.61. The second kappa shape index (κ2) is 6.99. The van der Waals surface area contributed by atoms with Gasteiger partial charge in [-0.15, -0.1) is 10.2 Å². The van der Waals surface area contributed by atoms with Crippen LogP contribution in [0, 0.1) is 6.92 Å². The van der Waals surface area contributed by atoms with Crippen molar-refractivity contribution in [3.8, 4) is 5.75 Å². The Labute approximate surface area is 121 Å². The molecule has 0 saturated carbocycles. The van der Waals surface area contributed by atoms with Gasteiger partial charge in [0.05, 0.1) is 7.11 Å². The molecule has 7 heteroatoms. The molecule has 0 fully saturated rings. The number of allylic oxidation sites excluding steroid dienone is 1. The maximum atomic E-state index is 11.3. The molecule has 2 aromatic rings. The van der Waals surface area contributed by atoms with E-state index >= 15 is 0 Å². The first-order valence-corrected chi connectivity index (χ1v) is 6.23. The number of hydrazone groups is 1. The average Bonchev–Trinajstić information content (AvgIpc) is 2.51. The summed E-state index contributed by atoms with van der Waals surface area (Å²) in [4.78, 5) is 13.8. The third-order valence-electron chi connectivity index (χ3n) is 2.61. The highest BCUT2D eigenvalue weighted by Crippen LogP contribution is 2.18. The Kier molecular flexibility index (Phi) is 4.81. The van der Waals surface area contributed by atoms with Crippen molar-refractivity contribution in [1.82, 2.24) is 15.2 Å². The number of para-hydroxylation sites is 1. The zero-order valence-corrected chi connectivity index (χ0v) is 11.7. The first-order chi connectivity index (χ1) is 10.2. The zero-order valence-electron chi connectivity index (χ0n) is 11.7. The fourth-order valence-corrected chi connectivity index (χ4v) is 1.54. The molecule has 108 valence electrons. The van der Waals surface area contributed by atoms with Crippen LogP contribution >= 0.6 is 0 Å². The number of benzene rings is 1. The minimum atomic E-state index is -0.299. The van der Waals surface area contributed by atoms with E-state index in [0.717, 1.165) is 11.3 Å². The number of aryl methyl sites for hydroxylation is 1. The normalized spacial score (nSPS) is 11.1. The standard InChI is InChI=1S/C14H15N5O2/c1-10-13(20)16-14(19-17-10)18-15-9-5-7-11-6-3-4-8-12(11)21-2/h3-9H,1-2H3,(H2,16,18,19,20)/b7-5+,15-9-. The molecule has 0 amide bonds. The van der Waals surface area contributed by atoms with E-state index in [4.69, 9.17) is 4.74 Å². The Bertz CT molecular complexity index is 721. The lowest BCUT2D eigenvalue weighted by Gasteiger charge is -2.02. The molecule has 21 heavy (non-hydrogen) atoms. The van der Waals surface area contributed by atoms with Gasteiger partial charge in [0.1, 0.15) is 11.4 Å². The Balaban J connectivity index is 1.97. The topological polar surface area (TPSA) is 92.3 Å². The van der Waals surface area contributed by atoms with Crippen LogP contribution < -0.4 is 15.7 Å². The van der Waals surface area contributed by atoms with E-state index in [0.29, 0.717) is 5.69 Å². The lowest BCUT2D eigenvalue weighted by Crippen LogP contribution is -2.15. The molecule has 7 nitrogen and oxygen atoms in total. The van der Waals surface area contributed by atoms with Gasteiger partial charge in [-0.3, -0.25) is 9.78 Å². The fraction of sp³-hybridized carbons (Fsp3) is 0.143. The number of methoxy groups -OCH3 is 1. The summed E-state index contributed by atoms with van der Waals surface area (Å²) in [5, 5.41) is 11.3. The van der Waals surface area contributed by atoms with Gasteiger partial charge in [-0.25, -0.2) is 5.43 Å². The first-order valence-electron chi connectivity index (χ1n) is 6.23. The smallest absolute Gasteiger partial charge is 0.274 e. The molecule has 0 radical (unpaired) electrons. The number of rotatable bonds is 5. The summed E-state index contributed by atoms with van der Waals surface area (Å²) in [7, 11) is 1.62. The predicted molar refractivity (Wildman–Crippen MR) is 81.5 cm³/mol. The Morgan fingerprint density at radius 3 is 2.90 bits per heavy atom. The summed E-state index contributed by atoms with van der Waals surface area (Å²) in [6, 6.07) is 7.63. The summed E-state index contributed by atoms with van der Waals surface area (Å²) in [5.74, 6) is 0.969. The van der Waals surface area contributed by atoms with E-state index in [1.807, 2.05) is 30.3 Å². The number of aromatic nitrogens is 3. The van der Waals surface area contributed by atoms with Crippen LogP contribution in [0.25, 0.3) is 6.08 Å². The number of nitrogens with one attached hydrogen (secondary N) is 2. The van der Waals surface area contributed by atoms with Crippen molar-refractivity contribution >= 4 is 18.2 Å². The van der Waals surface area contributed by atoms with E-state index < -0.39 is 0 Å². The molecule has 0 bridgehead atoms. The molecule has 2 rings (SSSR count). The zero-order chi connectivity index (χ0) is 15.1. The molecule has 1 aromatic carbocycles. The second-order valence-corrected chi connectivity index (χ2v) is 4.08. The Morgan fingerprint density at radius 2 is 2.14 bits per heavy atom. The van der Waals surface area contributed by atoms with Crippen LogP contribution in [0.5, 0.6) is 5.75 Å². The fourth-order valence-electron chi connectivity index (χ4n) is 1.54. The van der Waals surface area contributed by atoms with Gasteiger partial charge < -0.3 is 4.74 Å². The van der Waals surface area contributed by atoms with Crippen LogP contribution in [0.15, 0.2) is 40.2 Å². The van der Waals surface area contributed by atoms with Crippen LogP contribution in [0.4, 0.5) is 5.95 Å². The first kappa shape index (κ1) is 14.4. The lowest BCUT2D eigenvalue weighted by atomic mass is 10.2. The minimum absolute atomic E-state index is 0.188. The molecule has 1 aromatic heterocycles. The van der Waals surface area contributed by atoms with Gasteiger partial charge in [0.25, 0.3) is 5.56 Å². The van der Waals surface area contributed by atoms with Crippen LogP contribution in [-0.4, -0.2) is 28.5 Å². The number of aromatic amines is 1. The van der Waals surface area contributed by atoms with Gasteiger partial charge in [0, 0.05) is 11.8 Å². The number of anilines is 1. The van der Waals surface area contributed by atoms with Crippen LogP contribution in [0.2, 0.25) is 0 Å². The van der Waals surface area contributed by atoms with Crippen molar-refractivity contribution in [2.75, 3.05) is 12.5 Å². The van der Waals surface area contributed by atoms with Crippen molar-refractivity contribution in [3.63, 3.8) is 0 Å². The van der Waals surface area contributed by atoms with E-state index in [1.54, 1.807) is 20.1 Å². The molecule has 0 aliphatic heterocycles. The van der Waals surface area contributed by atoms with E-state index in [-0.39, 0.29) is 11.5 Å². The van der Waals surface area contributed by atoms with Gasteiger partial charge in [-0.1, -0.05) is 18.2 Å². The van der Waals surface area contributed by atoms with E-state index in [9.17, 15) is 4.79 Å². The molecular weight excluding hydrogens is 270 g/mol. The quantitative estimate of drug-likeness (QED) is 0.643. The maximum absolute atomic E-state index is 11.3. The molecule has 1 heterocycles. The lowest BCUT2D eigenvalue weighted by molar-refractivity contribution is 0.414. The molecule has 0 unspecified atom stereocenters. The summed E-state index contributed by atoms with van der Waals surface area (Å²) >= 11 is 0. The van der Waals surface area contributed by atoms with Crippen molar-refractivity contribution in [1.29, 1.82) is 0 Å². The van der Waals surface area contributed by atoms with Gasteiger partial charge in [0.2, 0.25) is 5.95 Å². The monoisotopic (exact) mass is 285 g/mol. The summed E-state index contributed by atoms with van der Waals surface area (Å²) in [5.41, 5.74) is 3.53. The predicted octanol–water partition coefficient (Wildman–Crippen LogP) is 1.59. The van der Waals surface area contributed by atoms with E-state index in [2.05, 4.69) is 25.7 Å². The van der Waals surface area contributed by atoms with Crippen LogP contribution in [-0.2, 0) is 0 Å². The highest BCUT2D eigenvalue weighted by Gasteiger charge is 1.97. The van der Waals surface area contributed by atoms with Gasteiger partial charge in [0.15, 0.2) is 0 Å². The molecular formula is C14H15N5O2. The molecule has 0 saturated heterocycles. The highest BCUT2D eigenvalue weighted by molar-refractivity contribution is 5.79. The molecule has 0 atom stereocenters. The van der Waals surface area contributed by atoms with Gasteiger partial charge in [-0.2, -0.15) is 5.10 Å². The third kappa shape index (κ3) is 4.00. The molecule has 0 aliphatic carbocycles. The molecule has 2 N–H and O–H groups in total. The minimum Gasteiger partial charge on any atom is -0.496 e. The summed E-state index contributed by atoms with van der Waals surface area (Å²) in [6.07, 6.45) is 5.13. The second-order valence-electron chi connectivity index (χ2n) is 4.08. The number of nitrogens with zero attached hydrogens (tertiary/aromatic N) is 3. The van der Waals surface area contributed by atoms with Gasteiger partial charge >= 0.3 is 0 Å². The number of ether oxygens (including phenoxy) is 1. The number of hydrogen-bond acceptors (Lipinski definition) is 6. The van der Waals surface area contributed by atoms with Gasteiger partial charge in [-0.05, 0) is 25.1 Å². The Hall–Kier alpha value is -2.96. The van der Waals surface area contributed by atoms with Crippen molar-refractivity contribution < 1.29 is 4.74 Å². The van der Waals surface area contributed by atoms with Crippen molar-refractivity contribution in [2.24, 2.45) is 5.10 Å². The van der Waals surface area contributed by atoms with Crippen LogP contribution in [0.1, 0.15) is 11.3 Å². The number of hydrogen-bond donors (Lipinski definition) is 2. The summed E-state index contributed by atoms with van der Waals surface area (Å²) < 4.78 is 5.23. The van der Waals surface area contributed by atoms with Crippen molar-refractivity contribution in [3.05, 3.63) is 52.0 Å². The largest absolute Gasteiger partial charge is 0.496 e. The van der Waals surface area contributed by atoms with E-state index in [1.165, 1.54) is 6.21 Å². The maximum Gasteiger partial charge on any atom is 0.274 e. The molecule has 0 spiro atoms. The van der Waals surface area contributed by atoms with Crippen molar-refractivity contribution in [2.45, 2.75) is 6.92 Å². The SMILES string of the molecule is COc1ccccc1/C=C/C=N\Nc1nnc(C)c(=O)[nH]1. The summed E-state index contributed by atoms with van der Waals surface area (Å²) in [6.45, 7) is 1.58. The average molecular weight is 285 g/mol. The Morgan fingerprint density at radius 1 is 1.33 bits per heavy atom.